The van der Waals surface area contributed by atoms with Crippen LogP contribution in [0.3, 0.4) is 0 Å². The molecule has 1 aliphatic carbocycles. The molecule has 17 heavy (non-hydrogen) atoms. The molecule has 0 aromatic carbocycles. The van der Waals surface area contributed by atoms with Gasteiger partial charge in [0.15, 0.2) is 0 Å². The maximum absolute atomic E-state index is 9.65. The highest BCUT2D eigenvalue weighted by Crippen LogP contribution is 2.33. The van der Waals surface area contributed by atoms with Gasteiger partial charge in [-0.3, -0.25) is 0 Å². The molecule has 0 amide bonds. The van der Waals surface area contributed by atoms with Gasteiger partial charge in [0, 0.05) is 0 Å². The highest BCUT2D eigenvalue weighted by molar-refractivity contribution is 5.38. The summed E-state index contributed by atoms with van der Waals surface area (Å²) in [7, 11) is 0. The molecule has 1 aromatic rings. The molecule has 0 aliphatic heterocycles. The summed E-state index contributed by atoms with van der Waals surface area (Å²) in [4.78, 5) is 0. The molecule has 1 aromatic heterocycles. The molecular formula is C13H21N3O. The van der Waals surface area contributed by atoms with Crippen LogP contribution < -0.4 is 5.32 Å². The molecule has 2 N–H and O–H groups in total. The maximum Gasteiger partial charge on any atom is 0.149 e. The second-order valence-corrected chi connectivity index (χ2v) is 5.36. The average molecular weight is 235 g/mol. The predicted octanol–water partition coefficient (Wildman–Crippen LogP) is 2.14. The van der Waals surface area contributed by atoms with Gasteiger partial charge in [0.1, 0.15) is 5.82 Å². The number of rotatable bonds is 3. The lowest BCUT2D eigenvalue weighted by Crippen LogP contribution is -2.45. The Hall–Kier alpha value is -1.16. The van der Waals surface area contributed by atoms with E-state index < -0.39 is 0 Å². The van der Waals surface area contributed by atoms with E-state index in [9.17, 15) is 5.11 Å². The van der Waals surface area contributed by atoms with E-state index in [1.54, 1.807) is 6.20 Å². The summed E-state index contributed by atoms with van der Waals surface area (Å²) in [6, 6.07) is 1.97. The van der Waals surface area contributed by atoms with Gasteiger partial charge in [-0.15, -0.1) is 5.10 Å². The SMILES string of the molecule is Cc1cnnc(NC2(CO)CCC(C)CC2)c1. The minimum atomic E-state index is -0.199. The van der Waals surface area contributed by atoms with E-state index >= 15 is 0 Å². The van der Waals surface area contributed by atoms with E-state index in [2.05, 4.69) is 22.4 Å². The number of nitrogens with one attached hydrogen (secondary N) is 1. The van der Waals surface area contributed by atoms with Crippen molar-refractivity contribution in [3.8, 4) is 0 Å². The van der Waals surface area contributed by atoms with Gasteiger partial charge in [-0.1, -0.05) is 6.92 Å². The Bertz CT molecular complexity index is 373. The minimum absolute atomic E-state index is 0.162. The summed E-state index contributed by atoms with van der Waals surface area (Å²) >= 11 is 0. The molecule has 0 unspecified atom stereocenters. The Morgan fingerprint density at radius 1 is 1.47 bits per heavy atom. The zero-order valence-corrected chi connectivity index (χ0v) is 10.6. The minimum Gasteiger partial charge on any atom is -0.394 e. The van der Waals surface area contributed by atoms with E-state index in [1.807, 2.05) is 13.0 Å². The third kappa shape index (κ3) is 2.94. The van der Waals surface area contributed by atoms with Crippen molar-refractivity contribution >= 4 is 5.82 Å². The molecule has 0 radical (unpaired) electrons. The highest BCUT2D eigenvalue weighted by Gasteiger charge is 2.33. The summed E-state index contributed by atoms with van der Waals surface area (Å²) in [5.41, 5.74) is 0.884. The Balaban J connectivity index is 2.09. The number of nitrogens with zero attached hydrogens (tertiary/aromatic N) is 2. The normalized spacial score (nSPS) is 29.0. The van der Waals surface area contributed by atoms with Crippen molar-refractivity contribution in [3.05, 3.63) is 17.8 Å². The predicted molar refractivity (Wildman–Crippen MR) is 67.8 cm³/mol. The van der Waals surface area contributed by atoms with Gasteiger partial charge in [0.05, 0.1) is 18.3 Å². The van der Waals surface area contributed by atoms with Gasteiger partial charge in [-0.05, 0) is 50.2 Å². The van der Waals surface area contributed by atoms with Crippen LogP contribution in [-0.2, 0) is 0 Å². The molecule has 0 atom stereocenters. The molecule has 1 fully saturated rings. The van der Waals surface area contributed by atoms with Crippen molar-refractivity contribution in [2.75, 3.05) is 11.9 Å². The zero-order valence-electron chi connectivity index (χ0n) is 10.6. The first-order valence-corrected chi connectivity index (χ1v) is 6.32. The van der Waals surface area contributed by atoms with Gasteiger partial charge >= 0.3 is 0 Å². The largest absolute Gasteiger partial charge is 0.394 e. The summed E-state index contributed by atoms with van der Waals surface area (Å²) in [5, 5.41) is 21.0. The maximum atomic E-state index is 9.65. The van der Waals surface area contributed by atoms with Crippen LogP contribution in [0, 0.1) is 12.8 Å². The summed E-state index contributed by atoms with van der Waals surface area (Å²) in [6.07, 6.45) is 6.06. The number of hydrogen-bond donors (Lipinski definition) is 2. The number of aliphatic hydroxyl groups is 1. The van der Waals surface area contributed by atoms with Crippen LogP contribution in [0.2, 0.25) is 0 Å². The van der Waals surface area contributed by atoms with E-state index in [4.69, 9.17) is 0 Å². The Labute approximate surface area is 102 Å². The second kappa shape index (κ2) is 5.00. The molecule has 4 nitrogen and oxygen atoms in total. The van der Waals surface area contributed by atoms with Crippen molar-refractivity contribution < 1.29 is 5.11 Å². The number of aryl methyl sites for hydroxylation is 1. The van der Waals surface area contributed by atoms with Crippen LogP contribution in [0.5, 0.6) is 0 Å². The molecule has 0 bridgehead atoms. The molecule has 1 aliphatic rings. The van der Waals surface area contributed by atoms with Crippen molar-refractivity contribution in [1.29, 1.82) is 0 Å². The molecule has 4 heteroatoms. The van der Waals surface area contributed by atoms with Gasteiger partial charge in [0.2, 0.25) is 0 Å². The fourth-order valence-corrected chi connectivity index (χ4v) is 2.43. The quantitative estimate of drug-likeness (QED) is 0.842. The van der Waals surface area contributed by atoms with Crippen LogP contribution >= 0.6 is 0 Å². The van der Waals surface area contributed by atoms with Crippen molar-refractivity contribution in [2.45, 2.75) is 45.1 Å². The lowest BCUT2D eigenvalue weighted by molar-refractivity contribution is 0.155. The first-order chi connectivity index (χ1) is 8.13. The smallest absolute Gasteiger partial charge is 0.149 e. The van der Waals surface area contributed by atoms with Crippen LogP contribution in [0.25, 0.3) is 0 Å². The van der Waals surface area contributed by atoms with Crippen LogP contribution in [0.15, 0.2) is 12.3 Å². The Morgan fingerprint density at radius 2 is 2.18 bits per heavy atom. The van der Waals surface area contributed by atoms with Crippen LogP contribution in [-0.4, -0.2) is 27.4 Å². The second-order valence-electron chi connectivity index (χ2n) is 5.36. The Morgan fingerprint density at radius 3 is 2.76 bits per heavy atom. The van der Waals surface area contributed by atoms with Gasteiger partial charge in [-0.25, -0.2) is 0 Å². The molecule has 1 heterocycles. The van der Waals surface area contributed by atoms with Crippen LogP contribution in [0.1, 0.15) is 38.2 Å². The van der Waals surface area contributed by atoms with Gasteiger partial charge < -0.3 is 10.4 Å². The van der Waals surface area contributed by atoms with Gasteiger partial charge in [-0.2, -0.15) is 5.10 Å². The molecular weight excluding hydrogens is 214 g/mol. The lowest BCUT2D eigenvalue weighted by Gasteiger charge is -2.39. The Kier molecular flexibility index (Phi) is 3.62. The highest BCUT2D eigenvalue weighted by atomic mass is 16.3. The number of aliphatic hydroxyl groups excluding tert-OH is 1. The van der Waals surface area contributed by atoms with Crippen LogP contribution in [0.4, 0.5) is 5.82 Å². The van der Waals surface area contributed by atoms with E-state index in [0.717, 1.165) is 43.0 Å². The van der Waals surface area contributed by atoms with E-state index in [-0.39, 0.29) is 12.1 Å². The fraction of sp³-hybridized carbons (Fsp3) is 0.692. The van der Waals surface area contributed by atoms with Crippen molar-refractivity contribution in [1.82, 2.24) is 10.2 Å². The molecule has 0 spiro atoms. The molecule has 0 saturated heterocycles. The first-order valence-electron chi connectivity index (χ1n) is 6.32. The first kappa shape index (κ1) is 12.3. The standard InChI is InChI=1S/C13H21N3O/c1-10-3-5-13(9-17,6-4-10)15-12-7-11(2)8-14-16-12/h7-8,10,17H,3-6,9H2,1-2H3,(H,15,16). The van der Waals surface area contributed by atoms with Crippen molar-refractivity contribution in [3.63, 3.8) is 0 Å². The zero-order chi connectivity index (χ0) is 12.3. The number of aromatic nitrogens is 2. The number of anilines is 1. The van der Waals surface area contributed by atoms with Gasteiger partial charge in [0.25, 0.3) is 0 Å². The molecule has 1 saturated carbocycles. The third-order valence-electron chi connectivity index (χ3n) is 3.72. The number of hydrogen-bond acceptors (Lipinski definition) is 4. The lowest BCUT2D eigenvalue weighted by atomic mass is 9.77. The van der Waals surface area contributed by atoms with E-state index in [1.165, 1.54) is 0 Å². The fourth-order valence-electron chi connectivity index (χ4n) is 2.43. The molecule has 94 valence electrons. The van der Waals surface area contributed by atoms with E-state index in [0.29, 0.717) is 0 Å². The summed E-state index contributed by atoms with van der Waals surface area (Å²) in [5.74, 6) is 1.54. The topological polar surface area (TPSA) is 58.0 Å². The molecule has 2 rings (SSSR count). The summed E-state index contributed by atoms with van der Waals surface area (Å²) < 4.78 is 0. The van der Waals surface area contributed by atoms with Crippen molar-refractivity contribution in [2.24, 2.45) is 5.92 Å². The summed E-state index contributed by atoms with van der Waals surface area (Å²) in [6.45, 7) is 4.43. The average Bonchev–Trinajstić information content (AvgIpc) is 2.33. The third-order valence-corrected chi connectivity index (χ3v) is 3.72. The monoisotopic (exact) mass is 235 g/mol.